The van der Waals surface area contributed by atoms with Crippen LogP contribution in [0.2, 0.25) is 0 Å². The molecule has 1 heterocycles. The molecule has 0 radical (unpaired) electrons. The highest BCUT2D eigenvalue weighted by Gasteiger charge is 2.18. The second-order valence-corrected chi connectivity index (χ2v) is 4.76. The maximum Gasteiger partial charge on any atom is 0.244 e. The zero-order valence-electron chi connectivity index (χ0n) is 12.9. The molecule has 1 aromatic heterocycles. The molecule has 0 aliphatic carbocycles. The van der Waals surface area contributed by atoms with E-state index in [2.05, 4.69) is 15.3 Å². The lowest BCUT2D eigenvalue weighted by Crippen LogP contribution is -2.41. The molecule has 0 spiro atoms. The van der Waals surface area contributed by atoms with Crippen LogP contribution in [0, 0.1) is 0 Å². The van der Waals surface area contributed by atoms with Gasteiger partial charge in [-0.15, -0.1) is 0 Å². The van der Waals surface area contributed by atoms with Crippen LogP contribution in [0.3, 0.4) is 0 Å². The number of hydrogen-bond donors (Lipinski definition) is 1. The fourth-order valence-corrected chi connectivity index (χ4v) is 1.78. The molecule has 0 aliphatic rings. The third-order valence-corrected chi connectivity index (χ3v) is 2.78. The van der Waals surface area contributed by atoms with Crippen LogP contribution >= 0.6 is 0 Å². The van der Waals surface area contributed by atoms with Crippen molar-refractivity contribution in [1.29, 1.82) is 0 Å². The molecular formula is C14H24N4O2. The molecule has 1 rings (SSSR count). The van der Waals surface area contributed by atoms with E-state index in [1.54, 1.807) is 24.1 Å². The minimum atomic E-state index is -0.371. The Morgan fingerprint density at radius 3 is 2.55 bits per heavy atom. The summed E-state index contributed by atoms with van der Waals surface area (Å²) in [6, 6.07) is 1.33. The average molecular weight is 280 g/mol. The third kappa shape index (κ3) is 4.68. The summed E-state index contributed by atoms with van der Waals surface area (Å²) in [6.45, 7) is 11.0. The van der Waals surface area contributed by atoms with Gasteiger partial charge in [0.05, 0.1) is 6.10 Å². The normalized spacial score (nSPS) is 12.1. The Kier molecular flexibility index (Phi) is 6.21. The summed E-state index contributed by atoms with van der Waals surface area (Å²) in [4.78, 5) is 22.3. The van der Waals surface area contributed by atoms with E-state index < -0.39 is 0 Å². The summed E-state index contributed by atoms with van der Waals surface area (Å²) in [7, 11) is 0. The van der Waals surface area contributed by atoms with Gasteiger partial charge < -0.3 is 15.0 Å². The quantitative estimate of drug-likeness (QED) is 0.826. The molecule has 0 aromatic carbocycles. The highest BCUT2D eigenvalue weighted by Crippen LogP contribution is 2.11. The van der Waals surface area contributed by atoms with Gasteiger partial charge >= 0.3 is 0 Å². The number of aromatic nitrogens is 2. The van der Waals surface area contributed by atoms with E-state index in [1.165, 1.54) is 0 Å². The van der Waals surface area contributed by atoms with Crippen LogP contribution in [-0.4, -0.2) is 46.0 Å². The summed E-state index contributed by atoms with van der Waals surface area (Å²) in [6.07, 6.45) is 1.66. The van der Waals surface area contributed by atoms with E-state index in [4.69, 9.17) is 4.74 Å². The number of likely N-dealkylation sites (N-methyl/N-ethyl adjacent to an activating group) is 1. The van der Waals surface area contributed by atoms with Crippen molar-refractivity contribution in [2.24, 2.45) is 0 Å². The second kappa shape index (κ2) is 7.67. The Labute approximate surface area is 120 Å². The van der Waals surface area contributed by atoms with Gasteiger partial charge in [-0.1, -0.05) is 0 Å². The number of amides is 1. The largest absolute Gasteiger partial charge is 0.475 e. The number of anilines is 1. The van der Waals surface area contributed by atoms with Crippen molar-refractivity contribution >= 4 is 11.9 Å². The highest BCUT2D eigenvalue weighted by molar-refractivity contribution is 5.83. The van der Waals surface area contributed by atoms with Gasteiger partial charge in [0, 0.05) is 25.4 Å². The molecule has 0 fully saturated rings. The van der Waals surface area contributed by atoms with Crippen LogP contribution in [0.15, 0.2) is 12.3 Å². The molecule has 0 saturated carbocycles. The molecule has 112 valence electrons. The van der Waals surface area contributed by atoms with Gasteiger partial charge in [0.1, 0.15) is 6.04 Å². The topological polar surface area (TPSA) is 67.4 Å². The Hall–Kier alpha value is -1.85. The minimum absolute atomic E-state index is 0.0359. The van der Waals surface area contributed by atoms with Gasteiger partial charge in [0.15, 0.2) is 0 Å². The monoisotopic (exact) mass is 280 g/mol. The lowest BCUT2D eigenvalue weighted by atomic mass is 10.3. The number of nitrogens with zero attached hydrogens (tertiary/aromatic N) is 3. The van der Waals surface area contributed by atoms with Gasteiger partial charge in [-0.05, 0) is 34.6 Å². The molecule has 1 aromatic rings. The molecule has 1 N–H and O–H groups in total. The summed E-state index contributed by atoms with van der Waals surface area (Å²) in [5.41, 5.74) is 0. The minimum Gasteiger partial charge on any atom is -0.475 e. The smallest absolute Gasteiger partial charge is 0.244 e. The number of carbonyl (C=O) groups excluding carboxylic acids is 1. The van der Waals surface area contributed by atoms with E-state index in [-0.39, 0.29) is 18.1 Å². The fourth-order valence-electron chi connectivity index (χ4n) is 1.78. The van der Waals surface area contributed by atoms with Crippen LogP contribution in [0.1, 0.15) is 34.6 Å². The zero-order valence-corrected chi connectivity index (χ0v) is 12.9. The van der Waals surface area contributed by atoms with Crippen molar-refractivity contribution < 1.29 is 9.53 Å². The zero-order chi connectivity index (χ0) is 15.1. The van der Waals surface area contributed by atoms with Crippen molar-refractivity contribution in [2.45, 2.75) is 46.8 Å². The maximum atomic E-state index is 12.1. The van der Waals surface area contributed by atoms with Gasteiger partial charge in [-0.2, -0.15) is 4.98 Å². The lowest BCUT2D eigenvalue weighted by Gasteiger charge is -2.23. The molecule has 0 bridgehead atoms. The molecule has 6 nitrogen and oxygen atoms in total. The van der Waals surface area contributed by atoms with E-state index in [9.17, 15) is 4.79 Å². The van der Waals surface area contributed by atoms with Crippen LogP contribution in [0.5, 0.6) is 5.88 Å². The Morgan fingerprint density at radius 1 is 1.35 bits per heavy atom. The van der Waals surface area contributed by atoms with Crippen molar-refractivity contribution in [2.75, 3.05) is 18.4 Å². The molecule has 1 atom stereocenters. The predicted molar refractivity (Wildman–Crippen MR) is 78.8 cm³/mol. The summed E-state index contributed by atoms with van der Waals surface area (Å²) in [5.74, 6) is 0.935. The van der Waals surface area contributed by atoms with E-state index >= 15 is 0 Å². The van der Waals surface area contributed by atoms with Gasteiger partial charge in [0.25, 0.3) is 0 Å². The highest BCUT2D eigenvalue weighted by atomic mass is 16.5. The first-order valence-corrected chi connectivity index (χ1v) is 7.02. The van der Waals surface area contributed by atoms with Crippen LogP contribution in [0.25, 0.3) is 0 Å². The van der Waals surface area contributed by atoms with Crippen LogP contribution in [-0.2, 0) is 4.79 Å². The molecule has 0 aliphatic heterocycles. The van der Waals surface area contributed by atoms with Crippen molar-refractivity contribution in [1.82, 2.24) is 14.9 Å². The summed E-state index contributed by atoms with van der Waals surface area (Å²) >= 11 is 0. The molecule has 6 heteroatoms. The van der Waals surface area contributed by atoms with E-state index in [0.717, 1.165) is 0 Å². The van der Waals surface area contributed by atoms with Crippen molar-refractivity contribution in [3.63, 3.8) is 0 Å². The Bertz CT molecular complexity index is 433. The van der Waals surface area contributed by atoms with Crippen molar-refractivity contribution in [3.8, 4) is 5.88 Å². The first kappa shape index (κ1) is 16.2. The maximum absolute atomic E-state index is 12.1. The van der Waals surface area contributed by atoms with Crippen LogP contribution in [0.4, 0.5) is 5.95 Å². The predicted octanol–water partition coefficient (Wildman–Crippen LogP) is 1.93. The van der Waals surface area contributed by atoms with Crippen LogP contribution < -0.4 is 10.1 Å². The number of nitrogens with one attached hydrogen (secondary N) is 1. The number of rotatable bonds is 7. The Morgan fingerprint density at radius 2 is 2.00 bits per heavy atom. The second-order valence-electron chi connectivity index (χ2n) is 4.76. The number of hydrogen-bond acceptors (Lipinski definition) is 5. The summed E-state index contributed by atoms with van der Waals surface area (Å²) in [5, 5.41) is 3.01. The molecule has 1 amide bonds. The first-order chi connectivity index (χ1) is 9.47. The van der Waals surface area contributed by atoms with Gasteiger partial charge in [-0.3, -0.25) is 4.79 Å². The fraction of sp³-hybridized carbons (Fsp3) is 0.643. The number of ether oxygens (including phenoxy) is 1. The molecule has 20 heavy (non-hydrogen) atoms. The Balaban J connectivity index is 2.70. The SMILES string of the molecule is CCN(CC)C(=O)C(C)Nc1nccc(OC(C)C)n1. The third-order valence-electron chi connectivity index (χ3n) is 2.78. The van der Waals surface area contributed by atoms with E-state index in [0.29, 0.717) is 24.9 Å². The van der Waals surface area contributed by atoms with Crippen molar-refractivity contribution in [3.05, 3.63) is 12.3 Å². The average Bonchev–Trinajstić information content (AvgIpc) is 2.39. The van der Waals surface area contributed by atoms with Gasteiger partial charge in [-0.25, -0.2) is 4.98 Å². The molecule has 0 saturated heterocycles. The molecular weight excluding hydrogens is 256 g/mol. The molecule has 1 unspecified atom stereocenters. The number of carbonyl (C=O) groups is 1. The van der Waals surface area contributed by atoms with Gasteiger partial charge in [0.2, 0.25) is 17.7 Å². The lowest BCUT2D eigenvalue weighted by molar-refractivity contribution is -0.131. The first-order valence-electron chi connectivity index (χ1n) is 7.02. The summed E-state index contributed by atoms with van der Waals surface area (Å²) < 4.78 is 5.50. The van der Waals surface area contributed by atoms with E-state index in [1.807, 2.05) is 27.7 Å². The standard InChI is InChI=1S/C14H24N4O2/c1-6-18(7-2)13(19)11(5)16-14-15-9-8-12(17-14)20-10(3)4/h8-11H,6-7H2,1-5H3,(H,15,16,17).